The first-order valence-electron chi connectivity index (χ1n) is 6.32. The molecule has 0 aromatic heterocycles. The summed E-state index contributed by atoms with van der Waals surface area (Å²) in [4.78, 5) is 13.6. The Balaban J connectivity index is 2.39. The van der Waals surface area contributed by atoms with Crippen molar-refractivity contribution in [2.75, 3.05) is 19.1 Å². The Bertz CT molecular complexity index is 557. The van der Waals surface area contributed by atoms with Crippen LogP contribution in [-0.4, -0.2) is 26.2 Å². The SMILES string of the molecule is COC(=O)C1CCC=C(C#N)N1c1ccc(OC)cc1. The third-order valence-corrected chi connectivity index (χ3v) is 3.29. The molecule has 1 heterocycles. The highest BCUT2D eigenvalue weighted by Crippen LogP contribution is 2.30. The zero-order valence-electron chi connectivity index (χ0n) is 11.5. The molecule has 1 aliphatic heterocycles. The summed E-state index contributed by atoms with van der Waals surface area (Å²) in [5.74, 6) is 0.393. The van der Waals surface area contributed by atoms with Gasteiger partial charge in [-0.15, -0.1) is 0 Å². The molecule has 5 heteroatoms. The minimum absolute atomic E-state index is 0.332. The van der Waals surface area contributed by atoms with Crippen molar-refractivity contribution < 1.29 is 14.3 Å². The van der Waals surface area contributed by atoms with Crippen LogP contribution in [0, 0.1) is 11.3 Å². The number of nitrogens with zero attached hydrogens (tertiary/aromatic N) is 2. The molecule has 0 aliphatic carbocycles. The lowest BCUT2D eigenvalue weighted by Gasteiger charge is -2.33. The van der Waals surface area contributed by atoms with Crippen LogP contribution in [0.2, 0.25) is 0 Å². The van der Waals surface area contributed by atoms with E-state index in [1.54, 1.807) is 24.1 Å². The minimum atomic E-state index is -0.465. The predicted molar refractivity (Wildman–Crippen MR) is 74.2 cm³/mol. The summed E-state index contributed by atoms with van der Waals surface area (Å²) in [6.07, 6.45) is 3.16. The number of nitriles is 1. The highest BCUT2D eigenvalue weighted by molar-refractivity contribution is 5.82. The van der Waals surface area contributed by atoms with E-state index in [0.29, 0.717) is 18.5 Å². The van der Waals surface area contributed by atoms with Crippen LogP contribution in [0.4, 0.5) is 5.69 Å². The molecule has 0 saturated carbocycles. The fraction of sp³-hybridized carbons (Fsp3) is 0.333. The molecule has 0 spiro atoms. The molecular formula is C15H16N2O3. The van der Waals surface area contributed by atoms with E-state index in [1.165, 1.54) is 7.11 Å². The van der Waals surface area contributed by atoms with Gasteiger partial charge in [0.05, 0.1) is 14.2 Å². The maximum atomic E-state index is 11.9. The van der Waals surface area contributed by atoms with Crippen molar-refractivity contribution in [1.29, 1.82) is 5.26 Å². The number of esters is 1. The quantitative estimate of drug-likeness (QED) is 0.790. The number of anilines is 1. The first kappa shape index (κ1) is 13.9. The Morgan fingerprint density at radius 2 is 2.05 bits per heavy atom. The van der Waals surface area contributed by atoms with Crippen LogP contribution < -0.4 is 9.64 Å². The summed E-state index contributed by atoms with van der Waals surface area (Å²) in [7, 11) is 2.95. The molecule has 1 atom stereocenters. The lowest BCUT2D eigenvalue weighted by Crippen LogP contribution is -2.43. The molecule has 2 rings (SSSR count). The monoisotopic (exact) mass is 272 g/mol. The molecule has 1 aromatic rings. The highest BCUT2D eigenvalue weighted by Gasteiger charge is 2.32. The van der Waals surface area contributed by atoms with Gasteiger partial charge in [0.15, 0.2) is 0 Å². The average molecular weight is 272 g/mol. The topological polar surface area (TPSA) is 62.6 Å². The third kappa shape index (κ3) is 2.59. The number of hydrogen-bond donors (Lipinski definition) is 0. The van der Waals surface area contributed by atoms with Gasteiger partial charge in [0.25, 0.3) is 0 Å². The number of carbonyl (C=O) groups excluding carboxylic acids is 1. The van der Waals surface area contributed by atoms with Crippen LogP contribution in [0.15, 0.2) is 36.0 Å². The van der Waals surface area contributed by atoms with Gasteiger partial charge in [-0.05, 0) is 43.2 Å². The number of hydrogen-bond acceptors (Lipinski definition) is 5. The van der Waals surface area contributed by atoms with E-state index in [9.17, 15) is 10.1 Å². The van der Waals surface area contributed by atoms with Crippen LogP contribution in [0.25, 0.3) is 0 Å². The lowest BCUT2D eigenvalue weighted by atomic mass is 10.0. The van der Waals surface area contributed by atoms with Crippen molar-refractivity contribution in [2.24, 2.45) is 0 Å². The predicted octanol–water partition coefficient (Wildman–Crippen LogP) is 2.24. The van der Waals surface area contributed by atoms with Gasteiger partial charge < -0.3 is 14.4 Å². The van der Waals surface area contributed by atoms with Crippen molar-refractivity contribution in [3.05, 3.63) is 36.0 Å². The zero-order valence-corrected chi connectivity index (χ0v) is 11.5. The van der Waals surface area contributed by atoms with Crippen LogP contribution in [-0.2, 0) is 9.53 Å². The van der Waals surface area contributed by atoms with Crippen LogP contribution in [0.5, 0.6) is 5.75 Å². The van der Waals surface area contributed by atoms with Gasteiger partial charge in [-0.1, -0.05) is 0 Å². The fourth-order valence-corrected chi connectivity index (χ4v) is 2.29. The molecule has 0 fully saturated rings. The van der Waals surface area contributed by atoms with E-state index < -0.39 is 6.04 Å². The number of methoxy groups -OCH3 is 2. The molecule has 0 radical (unpaired) electrons. The van der Waals surface area contributed by atoms with E-state index >= 15 is 0 Å². The van der Waals surface area contributed by atoms with Gasteiger partial charge in [0.2, 0.25) is 0 Å². The largest absolute Gasteiger partial charge is 0.497 e. The fourth-order valence-electron chi connectivity index (χ4n) is 2.29. The second-order valence-corrected chi connectivity index (χ2v) is 4.39. The number of carbonyl (C=O) groups is 1. The van der Waals surface area contributed by atoms with Crippen LogP contribution in [0.3, 0.4) is 0 Å². The van der Waals surface area contributed by atoms with Crippen molar-refractivity contribution >= 4 is 11.7 Å². The van der Waals surface area contributed by atoms with Gasteiger partial charge in [0.1, 0.15) is 23.6 Å². The number of benzene rings is 1. The molecule has 0 amide bonds. The van der Waals surface area contributed by atoms with Crippen molar-refractivity contribution in [3.63, 3.8) is 0 Å². The molecule has 20 heavy (non-hydrogen) atoms. The zero-order chi connectivity index (χ0) is 14.5. The molecule has 0 N–H and O–H groups in total. The van der Waals surface area contributed by atoms with Crippen LogP contribution >= 0.6 is 0 Å². The van der Waals surface area contributed by atoms with E-state index in [1.807, 2.05) is 18.2 Å². The van der Waals surface area contributed by atoms with Gasteiger partial charge in [0, 0.05) is 5.69 Å². The Kier molecular flexibility index (Phi) is 4.26. The molecule has 1 aliphatic rings. The van der Waals surface area contributed by atoms with E-state index in [0.717, 1.165) is 11.4 Å². The van der Waals surface area contributed by atoms with Gasteiger partial charge in [-0.2, -0.15) is 5.26 Å². The summed E-state index contributed by atoms with van der Waals surface area (Å²) < 4.78 is 9.95. The molecule has 0 bridgehead atoms. The van der Waals surface area contributed by atoms with Crippen LogP contribution in [0.1, 0.15) is 12.8 Å². The number of ether oxygens (including phenoxy) is 2. The molecule has 0 saturated heterocycles. The summed E-state index contributed by atoms with van der Waals surface area (Å²) >= 11 is 0. The summed E-state index contributed by atoms with van der Waals surface area (Å²) in [6.45, 7) is 0. The minimum Gasteiger partial charge on any atom is -0.497 e. The summed E-state index contributed by atoms with van der Waals surface area (Å²) in [5.41, 5.74) is 1.24. The molecule has 1 aromatic carbocycles. The van der Waals surface area contributed by atoms with E-state index in [2.05, 4.69) is 6.07 Å². The van der Waals surface area contributed by atoms with Gasteiger partial charge >= 0.3 is 5.97 Å². The third-order valence-electron chi connectivity index (χ3n) is 3.29. The average Bonchev–Trinajstić information content (AvgIpc) is 2.53. The number of allylic oxidation sites excluding steroid dienone is 2. The van der Waals surface area contributed by atoms with Crippen molar-refractivity contribution in [2.45, 2.75) is 18.9 Å². The van der Waals surface area contributed by atoms with Gasteiger partial charge in [-0.3, -0.25) is 0 Å². The normalized spacial score (nSPS) is 17.9. The van der Waals surface area contributed by atoms with Crippen molar-refractivity contribution in [3.8, 4) is 11.8 Å². The standard InChI is InChI=1S/C15H16N2O3/c1-19-13-8-6-11(7-9-13)17-12(10-16)4-3-5-14(17)15(18)20-2/h4,6-9,14H,3,5H2,1-2H3. The molecular weight excluding hydrogens is 256 g/mol. The van der Waals surface area contributed by atoms with Crippen molar-refractivity contribution in [1.82, 2.24) is 0 Å². The summed E-state index contributed by atoms with van der Waals surface area (Å²) in [6, 6.07) is 8.92. The second-order valence-electron chi connectivity index (χ2n) is 4.39. The second kappa shape index (κ2) is 6.11. The maximum Gasteiger partial charge on any atom is 0.328 e. The highest BCUT2D eigenvalue weighted by atomic mass is 16.5. The summed E-state index contributed by atoms with van der Waals surface area (Å²) in [5, 5.41) is 9.26. The first-order valence-corrected chi connectivity index (χ1v) is 6.32. The van der Waals surface area contributed by atoms with E-state index in [-0.39, 0.29) is 5.97 Å². The maximum absolute atomic E-state index is 11.9. The first-order chi connectivity index (χ1) is 9.71. The lowest BCUT2D eigenvalue weighted by molar-refractivity contribution is -0.142. The van der Waals surface area contributed by atoms with E-state index in [4.69, 9.17) is 9.47 Å². The smallest absolute Gasteiger partial charge is 0.328 e. The Morgan fingerprint density at radius 1 is 1.35 bits per heavy atom. The Morgan fingerprint density at radius 3 is 2.60 bits per heavy atom. The Hall–Kier alpha value is -2.48. The number of rotatable bonds is 3. The molecule has 1 unspecified atom stereocenters. The Labute approximate surface area is 118 Å². The molecule has 104 valence electrons. The molecule has 5 nitrogen and oxygen atoms in total. The van der Waals surface area contributed by atoms with Gasteiger partial charge in [-0.25, -0.2) is 4.79 Å².